The molecule has 0 aromatic heterocycles. The van der Waals surface area contributed by atoms with Crippen molar-refractivity contribution in [1.29, 1.82) is 0 Å². The first-order valence-electron chi connectivity index (χ1n) is 12.3. The van der Waals surface area contributed by atoms with Crippen LogP contribution in [0, 0.1) is 34.5 Å². The number of hydrogen-bond donors (Lipinski definition) is 2. The van der Waals surface area contributed by atoms with Crippen LogP contribution in [0.15, 0.2) is 23.8 Å². The fraction of sp³-hybridized carbons (Fsp3) is 0.731. The fourth-order valence-electron chi connectivity index (χ4n) is 8.20. The van der Waals surface area contributed by atoms with Gasteiger partial charge in [-0.3, -0.25) is 14.4 Å². The van der Waals surface area contributed by atoms with Gasteiger partial charge < -0.3 is 14.6 Å². The summed E-state index contributed by atoms with van der Waals surface area (Å²) >= 11 is 4.16. The second-order valence-corrected chi connectivity index (χ2v) is 11.9. The standard InChI is InChI=1S/C26H32F2O6S/c1-13-8-16-17-10-19(27)18-9-15(29)4-6-23(18,2)25(17,28)20(30)11-24(16,3)26(13,22(32)35)34-21(31)14-5-7-33-12-14/h4,6,9,13-14,16-17,19-20,30H,5,7-8,10-12H2,1-3H3,(H,32,35)/t13-,14?,16+,17+,19+,20+,23+,24+,25?,26+/m1/s1. The molecule has 5 aliphatic rings. The minimum Gasteiger partial charge on any atom is -0.449 e. The van der Waals surface area contributed by atoms with Gasteiger partial charge >= 0.3 is 5.97 Å². The van der Waals surface area contributed by atoms with Crippen LogP contribution in [0.25, 0.3) is 0 Å². The Hall–Kier alpha value is -1.58. The third-order valence-corrected chi connectivity index (χ3v) is 10.3. The van der Waals surface area contributed by atoms with Crippen LogP contribution in [0.3, 0.4) is 0 Å². The number of carbonyl (C=O) groups is 3. The Morgan fingerprint density at radius 2 is 1.97 bits per heavy atom. The number of allylic oxidation sites excluding steroid dienone is 4. The first kappa shape index (κ1) is 25.1. The van der Waals surface area contributed by atoms with E-state index in [0.717, 1.165) is 6.08 Å². The fourth-order valence-corrected chi connectivity index (χ4v) is 8.72. The van der Waals surface area contributed by atoms with Crippen molar-refractivity contribution >= 4 is 29.5 Å². The minimum atomic E-state index is -2.26. The maximum atomic E-state index is 17.3. The van der Waals surface area contributed by atoms with Gasteiger partial charge in [0.2, 0.25) is 5.12 Å². The van der Waals surface area contributed by atoms with Crippen LogP contribution in [0.5, 0.6) is 0 Å². The van der Waals surface area contributed by atoms with Crippen molar-refractivity contribution < 1.29 is 37.7 Å². The molecule has 1 aliphatic heterocycles. The summed E-state index contributed by atoms with van der Waals surface area (Å²) in [5, 5.41) is 10.8. The van der Waals surface area contributed by atoms with Crippen LogP contribution in [0.1, 0.15) is 46.5 Å². The molecule has 3 saturated carbocycles. The number of hydrogen-bond acceptors (Lipinski definition) is 6. The Morgan fingerprint density at radius 3 is 2.60 bits per heavy atom. The SMILES string of the molecule is C[C@@H]1C[C@H]2[C@@H]3C[C@H](F)C4=CC(=O)C=C[C@]4(C)C3(F)[C@@H](O)C[C@]2(C)[C@@]1(OC(=O)C1CCOC1)C(=O)S. The van der Waals surface area contributed by atoms with Crippen molar-refractivity contribution in [2.45, 2.75) is 70.0 Å². The second-order valence-electron chi connectivity index (χ2n) is 11.5. The molecule has 0 radical (unpaired) electrons. The monoisotopic (exact) mass is 510 g/mol. The molecule has 0 aromatic rings. The van der Waals surface area contributed by atoms with Gasteiger partial charge in [0.15, 0.2) is 17.1 Å². The molecule has 10 atom stereocenters. The number of esters is 1. The summed E-state index contributed by atoms with van der Waals surface area (Å²) in [6.07, 6.45) is 0.978. The van der Waals surface area contributed by atoms with E-state index in [1.165, 1.54) is 19.1 Å². The van der Waals surface area contributed by atoms with Gasteiger partial charge in [0.05, 0.1) is 18.6 Å². The maximum Gasteiger partial charge on any atom is 0.312 e. The van der Waals surface area contributed by atoms with Gasteiger partial charge in [-0.05, 0) is 56.3 Å². The summed E-state index contributed by atoms with van der Waals surface area (Å²) in [4.78, 5) is 38.2. The summed E-state index contributed by atoms with van der Waals surface area (Å²) in [5.74, 6) is -3.52. The number of carbonyl (C=O) groups excluding carboxylic acids is 3. The molecule has 0 bridgehead atoms. The number of ether oxygens (including phenoxy) is 2. The minimum absolute atomic E-state index is 0.0432. The Kier molecular flexibility index (Phi) is 5.70. The summed E-state index contributed by atoms with van der Waals surface area (Å²) in [5.41, 5.74) is -6.58. The zero-order valence-electron chi connectivity index (χ0n) is 20.1. The molecule has 2 unspecified atom stereocenters. The van der Waals surface area contributed by atoms with Gasteiger partial charge in [0, 0.05) is 29.3 Å². The van der Waals surface area contributed by atoms with Crippen molar-refractivity contribution in [2.75, 3.05) is 13.2 Å². The van der Waals surface area contributed by atoms with Gasteiger partial charge in [-0.1, -0.05) is 19.9 Å². The Balaban J connectivity index is 1.60. The highest BCUT2D eigenvalue weighted by molar-refractivity contribution is 7.96. The summed E-state index contributed by atoms with van der Waals surface area (Å²) in [6, 6.07) is 0. The highest BCUT2D eigenvalue weighted by Crippen LogP contribution is 2.71. The molecular formula is C26H32F2O6S. The molecule has 0 aromatic carbocycles. The highest BCUT2D eigenvalue weighted by Gasteiger charge is 2.78. The molecule has 4 fully saturated rings. The van der Waals surface area contributed by atoms with Crippen LogP contribution in [0.4, 0.5) is 8.78 Å². The van der Waals surface area contributed by atoms with Gasteiger partial charge in [-0.15, -0.1) is 12.6 Å². The number of aliphatic hydroxyl groups excluding tert-OH is 1. The van der Waals surface area contributed by atoms with Crippen LogP contribution >= 0.6 is 12.6 Å². The van der Waals surface area contributed by atoms with Crippen molar-refractivity contribution in [3.8, 4) is 0 Å². The Bertz CT molecular complexity index is 1040. The average Bonchev–Trinajstić information content (AvgIpc) is 3.39. The maximum absolute atomic E-state index is 17.3. The van der Waals surface area contributed by atoms with E-state index in [-0.39, 0.29) is 25.0 Å². The van der Waals surface area contributed by atoms with Crippen molar-refractivity contribution in [3.63, 3.8) is 0 Å². The van der Waals surface area contributed by atoms with Gasteiger partial charge in [0.1, 0.15) is 6.17 Å². The van der Waals surface area contributed by atoms with E-state index >= 15 is 8.78 Å². The second kappa shape index (κ2) is 7.96. The Labute approximate surface area is 208 Å². The number of fused-ring (bicyclic) bond motifs is 5. The molecule has 4 aliphatic carbocycles. The lowest BCUT2D eigenvalue weighted by atomic mass is 9.44. The van der Waals surface area contributed by atoms with Gasteiger partial charge in [-0.2, -0.15) is 0 Å². The molecule has 5 rings (SSSR count). The van der Waals surface area contributed by atoms with E-state index in [0.29, 0.717) is 19.4 Å². The van der Waals surface area contributed by atoms with E-state index in [1.54, 1.807) is 13.8 Å². The van der Waals surface area contributed by atoms with Gasteiger partial charge in [-0.25, -0.2) is 8.78 Å². The molecule has 192 valence electrons. The van der Waals surface area contributed by atoms with E-state index in [9.17, 15) is 19.5 Å². The van der Waals surface area contributed by atoms with Crippen molar-refractivity contribution in [1.82, 2.24) is 0 Å². The molecule has 1 N–H and O–H groups in total. The third-order valence-electron chi connectivity index (χ3n) is 10.0. The number of alkyl halides is 2. The summed E-state index contributed by atoms with van der Waals surface area (Å²) < 4.78 is 44.2. The summed E-state index contributed by atoms with van der Waals surface area (Å²) in [7, 11) is 0. The van der Waals surface area contributed by atoms with Crippen molar-refractivity contribution in [3.05, 3.63) is 23.8 Å². The topological polar surface area (TPSA) is 89.9 Å². The molecular weight excluding hydrogens is 478 g/mol. The molecule has 0 amide bonds. The van der Waals surface area contributed by atoms with Crippen LogP contribution in [0.2, 0.25) is 0 Å². The zero-order valence-corrected chi connectivity index (χ0v) is 21.0. The first-order chi connectivity index (χ1) is 16.3. The quantitative estimate of drug-likeness (QED) is 0.447. The highest BCUT2D eigenvalue weighted by atomic mass is 32.1. The van der Waals surface area contributed by atoms with E-state index in [2.05, 4.69) is 12.6 Å². The zero-order chi connectivity index (χ0) is 25.6. The number of ketones is 1. The third kappa shape index (κ3) is 3.04. The van der Waals surface area contributed by atoms with Crippen molar-refractivity contribution in [2.24, 2.45) is 34.5 Å². The first-order valence-corrected chi connectivity index (χ1v) is 12.8. The van der Waals surface area contributed by atoms with Crippen LogP contribution in [-0.2, 0) is 23.9 Å². The molecule has 1 saturated heterocycles. The van der Waals surface area contributed by atoms with Crippen LogP contribution < -0.4 is 0 Å². The largest absolute Gasteiger partial charge is 0.449 e. The predicted molar refractivity (Wildman–Crippen MR) is 125 cm³/mol. The molecule has 1 heterocycles. The molecule has 9 heteroatoms. The molecule has 6 nitrogen and oxygen atoms in total. The Morgan fingerprint density at radius 1 is 1.26 bits per heavy atom. The van der Waals surface area contributed by atoms with E-state index < -0.39 is 74.9 Å². The number of rotatable bonds is 3. The number of aliphatic hydroxyl groups is 1. The lowest BCUT2D eigenvalue weighted by Crippen LogP contribution is -2.70. The van der Waals surface area contributed by atoms with Gasteiger partial charge in [0.25, 0.3) is 0 Å². The van der Waals surface area contributed by atoms with E-state index in [4.69, 9.17) is 9.47 Å². The summed E-state index contributed by atoms with van der Waals surface area (Å²) in [6.45, 7) is 5.65. The lowest BCUT2D eigenvalue weighted by molar-refractivity contribution is -0.229. The number of thiol groups is 1. The molecule has 0 spiro atoms. The normalized spacial score (nSPS) is 50.7. The van der Waals surface area contributed by atoms with E-state index in [1.807, 2.05) is 0 Å². The predicted octanol–water partition coefficient (Wildman–Crippen LogP) is 3.33. The lowest BCUT2D eigenvalue weighted by Gasteiger charge is -2.63. The average molecular weight is 511 g/mol. The van der Waals surface area contributed by atoms with Crippen LogP contribution in [-0.4, -0.2) is 58.7 Å². The molecule has 35 heavy (non-hydrogen) atoms. The smallest absolute Gasteiger partial charge is 0.312 e. The number of halogens is 2.